The van der Waals surface area contributed by atoms with Gasteiger partial charge in [0.2, 0.25) is 5.91 Å². The molecule has 0 saturated heterocycles. The summed E-state index contributed by atoms with van der Waals surface area (Å²) in [5.41, 5.74) is 0. The lowest BCUT2D eigenvalue weighted by Gasteiger charge is -2.14. The van der Waals surface area contributed by atoms with Gasteiger partial charge in [-0.15, -0.1) is 0 Å². The van der Waals surface area contributed by atoms with Crippen LogP contribution >= 0.6 is 15.9 Å². The molecule has 1 aliphatic rings. The third-order valence-corrected chi connectivity index (χ3v) is 4.34. The Bertz CT molecular complexity index is 196. The molecule has 1 aliphatic carbocycles. The van der Waals surface area contributed by atoms with Gasteiger partial charge in [-0.1, -0.05) is 42.1 Å². The van der Waals surface area contributed by atoms with Crippen LogP contribution in [0.15, 0.2) is 0 Å². The smallest absolute Gasteiger partial charge is 0.220 e. The summed E-state index contributed by atoms with van der Waals surface area (Å²) in [5.74, 6) is 0.884. The molecule has 1 amide bonds. The van der Waals surface area contributed by atoms with Crippen LogP contribution in [0.3, 0.4) is 0 Å². The van der Waals surface area contributed by atoms with E-state index in [2.05, 4.69) is 28.2 Å². The van der Waals surface area contributed by atoms with Gasteiger partial charge in [-0.05, 0) is 25.2 Å². The molecule has 1 fully saturated rings. The van der Waals surface area contributed by atoms with Crippen LogP contribution in [0, 0.1) is 5.92 Å². The third-order valence-electron chi connectivity index (χ3n) is 3.14. The minimum Gasteiger partial charge on any atom is -0.356 e. The topological polar surface area (TPSA) is 29.1 Å². The maximum Gasteiger partial charge on any atom is 0.220 e. The Morgan fingerprint density at radius 2 is 2.20 bits per heavy atom. The lowest BCUT2D eigenvalue weighted by atomic mass is 10.1. The Morgan fingerprint density at radius 3 is 2.80 bits per heavy atom. The van der Waals surface area contributed by atoms with Crippen molar-refractivity contribution in [1.29, 1.82) is 0 Å². The van der Waals surface area contributed by atoms with Crippen molar-refractivity contribution in [2.75, 3.05) is 6.54 Å². The minimum absolute atomic E-state index is 0.232. The van der Waals surface area contributed by atoms with E-state index in [1.807, 2.05) is 0 Å². The molecule has 0 spiro atoms. The number of carbonyl (C=O) groups is 1. The Hall–Kier alpha value is -0.0500. The lowest BCUT2D eigenvalue weighted by molar-refractivity contribution is -0.121. The van der Waals surface area contributed by atoms with Gasteiger partial charge < -0.3 is 5.32 Å². The van der Waals surface area contributed by atoms with Crippen molar-refractivity contribution >= 4 is 21.8 Å². The number of alkyl halides is 1. The number of amides is 1. The summed E-state index contributed by atoms with van der Waals surface area (Å²) in [6.07, 6.45) is 7.89. The molecular formula is C12H22BrNO. The van der Waals surface area contributed by atoms with Crippen LogP contribution in [0.5, 0.6) is 0 Å². The summed E-state index contributed by atoms with van der Waals surface area (Å²) in [5, 5.41) is 3.04. The van der Waals surface area contributed by atoms with Crippen molar-refractivity contribution in [2.45, 2.75) is 56.7 Å². The molecule has 15 heavy (non-hydrogen) atoms. The van der Waals surface area contributed by atoms with E-state index < -0.39 is 0 Å². The number of carbonyl (C=O) groups excluding carboxylic acids is 1. The minimum atomic E-state index is 0.232. The summed E-state index contributed by atoms with van der Waals surface area (Å²) in [7, 11) is 0. The molecule has 1 saturated carbocycles. The number of nitrogens with one attached hydrogen (secondary N) is 1. The number of hydrogen-bond acceptors (Lipinski definition) is 1. The van der Waals surface area contributed by atoms with Crippen LogP contribution < -0.4 is 5.32 Å². The molecule has 3 heteroatoms. The fourth-order valence-electron chi connectivity index (χ4n) is 2.09. The molecule has 0 bridgehead atoms. The highest BCUT2D eigenvalue weighted by atomic mass is 79.9. The average molecular weight is 276 g/mol. The van der Waals surface area contributed by atoms with Crippen molar-refractivity contribution in [3.05, 3.63) is 0 Å². The zero-order chi connectivity index (χ0) is 11.1. The molecule has 1 rings (SSSR count). The summed E-state index contributed by atoms with van der Waals surface area (Å²) in [6.45, 7) is 3.02. The van der Waals surface area contributed by atoms with Gasteiger partial charge >= 0.3 is 0 Å². The summed E-state index contributed by atoms with van der Waals surface area (Å²) in [6, 6.07) is 0. The van der Waals surface area contributed by atoms with Crippen molar-refractivity contribution in [3.63, 3.8) is 0 Å². The molecular weight excluding hydrogens is 254 g/mol. The van der Waals surface area contributed by atoms with Gasteiger partial charge in [0, 0.05) is 17.8 Å². The highest BCUT2D eigenvalue weighted by Crippen LogP contribution is 2.30. The Labute approximate surface area is 101 Å². The summed E-state index contributed by atoms with van der Waals surface area (Å²) >= 11 is 3.67. The van der Waals surface area contributed by atoms with Gasteiger partial charge in [-0.25, -0.2) is 0 Å². The first kappa shape index (κ1) is 13.0. The Morgan fingerprint density at radius 1 is 1.40 bits per heavy atom. The van der Waals surface area contributed by atoms with Crippen LogP contribution in [0.1, 0.15) is 51.9 Å². The monoisotopic (exact) mass is 275 g/mol. The Balaban J connectivity index is 2.05. The predicted octanol–water partition coefficient (Wildman–Crippen LogP) is 3.25. The van der Waals surface area contributed by atoms with Crippen LogP contribution in [0.25, 0.3) is 0 Å². The molecule has 2 unspecified atom stereocenters. The van der Waals surface area contributed by atoms with E-state index in [0.717, 1.165) is 19.4 Å². The quantitative estimate of drug-likeness (QED) is 0.585. The molecule has 1 N–H and O–H groups in total. The summed E-state index contributed by atoms with van der Waals surface area (Å²) in [4.78, 5) is 12.1. The second kappa shape index (κ2) is 7.26. The van der Waals surface area contributed by atoms with E-state index in [1.54, 1.807) is 0 Å². The summed E-state index contributed by atoms with van der Waals surface area (Å²) < 4.78 is 0. The SMILES string of the molecule is CCCCCC(=O)NCC1CCCC1Br. The maximum atomic E-state index is 11.5. The van der Waals surface area contributed by atoms with Gasteiger partial charge in [0.15, 0.2) is 0 Å². The number of unbranched alkanes of at least 4 members (excludes halogenated alkanes) is 2. The molecule has 0 aliphatic heterocycles. The van der Waals surface area contributed by atoms with E-state index in [4.69, 9.17) is 0 Å². The number of rotatable bonds is 6. The van der Waals surface area contributed by atoms with Crippen LogP contribution in [0.2, 0.25) is 0 Å². The largest absolute Gasteiger partial charge is 0.356 e. The second-order valence-corrected chi connectivity index (χ2v) is 5.64. The zero-order valence-corrected chi connectivity index (χ0v) is 11.2. The normalized spacial score (nSPS) is 25.5. The predicted molar refractivity (Wildman–Crippen MR) is 67.2 cm³/mol. The molecule has 0 radical (unpaired) electrons. The van der Waals surface area contributed by atoms with Crippen LogP contribution in [-0.4, -0.2) is 17.3 Å². The second-order valence-electron chi connectivity index (χ2n) is 4.47. The number of hydrogen-bond donors (Lipinski definition) is 1. The fraction of sp³-hybridized carbons (Fsp3) is 0.917. The van der Waals surface area contributed by atoms with Gasteiger partial charge in [-0.3, -0.25) is 4.79 Å². The standard InChI is InChI=1S/C12H22BrNO/c1-2-3-4-8-12(15)14-9-10-6-5-7-11(10)13/h10-11H,2-9H2,1H3,(H,14,15). The third kappa shape index (κ3) is 5.01. The highest BCUT2D eigenvalue weighted by molar-refractivity contribution is 9.09. The molecule has 0 aromatic carbocycles. The highest BCUT2D eigenvalue weighted by Gasteiger charge is 2.24. The molecule has 0 aromatic rings. The molecule has 88 valence electrons. The maximum absolute atomic E-state index is 11.5. The van der Waals surface area contributed by atoms with Crippen molar-refractivity contribution in [2.24, 2.45) is 5.92 Å². The van der Waals surface area contributed by atoms with Gasteiger partial charge in [0.05, 0.1) is 0 Å². The molecule has 2 atom stereocenters. The first-order valence-electron chi connectivity index (χ1n) is 6.14. The van der Waals surface area contributed by atoms with Crippen LogP contribution in [-0.2, 0) is 4.79 Å². The zero-order valence-electron chi connectivity index (χ0n) is 9.60. The van der Waals surface area contributed by atoms with Gasteiger partial charge in [0.25, 0.3) is 0 Å². The first-order chi connectivity index (χ1) is 7.24. The van der Waals surface area contributed by atoms with E-state index in [9.17, 15) is 4.79 Å². The van der Waals surface area contributed by atoms with Gasteiger partial charge in [-0.2, -0.15) is 0 Å². The van der Waals surface area contributed by atoms with E-state index in [0.29, 0.717) is 17.2 Å². The average Bonchev–Trinajstić information content (AvgIpc) is 2.61. The van der Waals surface area contributed by atoms with Crippen molar-refractivity contribution in [1.82, 2.24) is 5.32 Å². The molecule has 2 nitrogen and oxygen atoms in total. The van der Waals surface area contributed by atoms with Gasteiger partial charge in [0.1, 0.15) is 0 Å². The lowest BCUT2D eigenvalue weighted by Crippen LogP contribution is -2.30. The van der Waals surface area contributed by atoms with E-state index in [-0.39, 0.29) is 5.91 Å². The van der Waals surface area contributed by atoms with E-state index >= 15 is 0 Å². The van der Waals surface area contributed by atoms with E-state index in [1.165, 1.54) is 25.7 Å². The van der Waals surface area contributed by atoms with Crippen molar-refractivity contribution < 1.29 is 4.79 Å². The Kier molecular flexibility index (Phi) is 6.30. The molecule has 0 aromatic heterocycles. The number of halogens is 1. The van der Waals surface area contributed by atoms with Crippen molar-refractivity contribution in [3.8, 4) is 0 Å². The molecule has 0 heterocycles. The van der Waals surface area contributed by atoms with Crippen LogP contribution in [0.4, 0.5) is 0 Å². The first-order valence-corrected chi connectivity index (χ1v) is 7.06. The fourth-order valence-corrected chi connectivity index (χ4v) is 2.87.